The molecule has 0 saturated heterocycles. The second-order valence-corrected chi connectivity index (χ2v) is 7.79. The molecule has 0 amide bonds. The first kappa shape index (κ1) is 16.3. The molecule has 2 aromatic carbocycles. The number of para-hydroxylation sites is 1. The van der Waals surface area contributed by atoms with Crippen LogP contribution in [0.25, 0.3) is 10.2 Å². The van der Waals surface area contributed by atoms with Gasteiger partial charge in [-0.05, 0) is 37.6 Å². The maximum atomic E-state index is 10.1. The molecule has 3 aromatic rings. The number of hydrogen-bond donors (Lipinski definition) is 1. The van der Waals surface area contributed by atoms with Crippen molar-refractivity contribution in [2.75, 3.05) is 12.4 Å². The summed E-state index contributed by atoms with van der Waals surface area (Å²) in [7, 11) is 0. The van der Waals surface area contributed by atoms with Crippen LogP contribution in [0.5, 0.6) is 5.75 Å². The Hall–Kier alpha value is -1.56. The van der Waals surface area contributed by atoms with E-state index in [2.05, 4.69) is 24.0 Å². The Labute approximate surface area is 144 Å². The molecule has 1 atom stereocenters. The molecule has 0 fully saturated rings. The van der Waals surface area contributed by atoms with Crippen molar-refractivity contribution in [3.63, 3.8) is 0 Å². The van der Waals surface area contributed by atoms with Crippen molar-refractivity contribution >= 4 is 33.3 Å². The fourth-order valence-electron chi connectivity index (χ4n) is 2.28. The first-order valence-corrected chi connectivity index (χ1v) is 9.28. The van der Waals surface area contributed by atoms with Crippen LogP contribution in [0.15, 0.2) is 46.8 Å². The summed E-state index contributed by atoms with van der Waals surface area (Å²) in [6.45, 7) is 4.37. The smallest absolute Gasteiger partial charge is 0.151 e. The minimum absolute atomic E-state index is 0.293. The van der Waals surface area contributed by atoms with Gasteiger partial charge in [0.05, 0.1) is 16.3 Å². The van der Waals surface area contributed by atoms with E-state index in [0.717, 1.165) is 21.2 Å². The summed E-state index contributed by atoms with van der Waals surface area (Å²) in [6.07, 6.45) is -0.521. The highest BCUT2D eigenvalue weighted by atomic mass is 32.2. The number of thioether (sulfide) groups is 1. The van der Waals surface area contributed by atoms with Gasteiger partial charge in [-0.25, -0.2) is 4.98 Å². The molecule has 0 aliphatic carbocycles. The molecule has 23 heavy (non-hydrogen) atoms. The quantitative estimate of drug-likeness (QED) is 0.671. The third-order valence-electron chi connectivity index (χ3n) is 3.44. The van der Waals surface area contributed by atoms with E-state index >= 15 is 0 Å². The maximum Gasteiger partial charge on any atom is 0.151 e. The average molecular weight is 345 g/mol. The van der Waals surface area contributed by atoms with E-state index in [1.54, 1.807) is 23.1 Å². The minimum atomic E-state index is -0.521. The molecule has 0 aliphatic rings. The number of benzene rings is 2. The molecule has 5 heteroatoms. The molecule has 0 radical (unpaired) electrons. The molecule has 0 bridgehead atoms. The van der Waals surface area contributed by atoms with Crippen molar-refractivity contribution in [2.24, 2.45) is 0 Å². The first-order valence-electron chi connectivity index (χ1n) is 7.48. The average Bonchev–Trinajstić information content (AvgIpc) is 2.95. The van der Waals surface area contributed by atoms with E-state index in [-0.39, 0.29) is 0 Å². The van der Waals surface area contributed by atoms with E-state index in [1.165, 1.54) is 10.3 Å². The number of thiazole rings is 1. The van der Waals surface area contributed by atoms with Crippen LogP contribution >= 0.6 is 23.1 Å². The Balaban J connectivity index is 1.52. The largest absolute Gasteiger partial charge is 0.491 e. The molecule has 0 aliphatic heterocycles. The molecule has 1 unspecified atom stereocenters. The predicted octanol–water partition coefficient (Wildman–Crippen LogP) is 4.45. The Morgan fingerprint density at radius 2 is 2.04 bits per heavy atom. The maximum absolute atomic E-state index is 10.1. The van der Waals surface area contributed by atoms with E-state index in [4.69, 9.17) is 4.74 Å². The van der Waals surface area contributed by atoms with Crippen LogP contribution in [0.4, 0.5) is 0 Å². The second-order valence-electron chi connectivity index (χ2n) is 5.49. The number of aromatic nitrogens is 1. The highest BCUT2D eigenvalue weighted by Crippen LogP contribution is 2.29. The zero-order valence-electron chi connectivity index (χ0n) is 13.2. The van der Waals surface area contributed by atoms with Crippen LogP contribution in [0.2, 0.25) is 0 Å². The molecule has 3 nitrogen and oxygen atoms in total. The third kappa shape index (κ3) is 4.25. The van der Waals surface area contributed by atoms with Gasteiger partial charge in [-0.1, -0.05) is 41.6 Å². The lowest BCUT2D eigenvalue weighted by Crippen LogP contribution is -2.20. The third-order valence-corrected chi connectivity index (χ3v) is 5.76. The van der Waals surface area contributed by atoms with Gasteiger partial charge in [-0.15, -0.1) is 11.3 Å². The molecular weight excluding hydrogens is 326 g/mol. The predicted molar refractivity (Wildman–Crippen MR) is 97.8 cm³/mol. The van der Waals surface area contributed by atoms with Crippen molar-refractivity contribution in [2.45, 2.75) is 24.3 Å². The second kappa shape index (κ2) is 7.34. The van der Waals surface area contributed by atoms with Crippen molar-refractivity contribution in [1.82, 2.24) is 4.98 Å². The minimum Gasteiger partial charge on any atom is -0.491 e. The molecule has 1 aromatic heterocycles. The van der Waals surface area contributed by atoms with Crippen molar-refractivity contribution in [3.8, 4) is 5.75 Å². The summed E-state index contributed by atoms with van der Waals surface area (Å²) in [5.74, 6) is 1.41. The van der Waals surface area contributed by atoms with Crippen LogP contribution in [0.1, 0.15) is 11.1 Å². The van der Waals surface area contributed by atoms with E-state index in [0.29, 0.717) is 12.4 Å². The fraction of sp³-hybridized carbons (Fsp3) is 0.278. The summed E-state index contributed by atoms with van der Waals surface area (Å²) in [6, 6.07) is 14.1. The normalized spacial score (nSPS) is 12.5. The van der Waals surface area contributed by atoms with Gasteiger partial charge in [0, 0.05) is 5.75 Å². The molecule has 120 valence electrons. The van der Waals surface area contributed by atoms with Gasteiger partial charge in [0.25, 0.3) is 0 Å². The van der Waals surface area contributed by atoms with Crippen LogP contribution in [-0.2, 0) is 0 Å². The zero-order valence-corrected chi connectivity index (χ0v) is 14.8. The fourth-order valence-corrected chi connectivity index (χ4v) is 4.28. The molecule has 3 rings (SSSR count). The monoisotopic (exact) mass is 345 g/mol. The van der Waals surface area contributed by atoms with Gasteiger partial charge in [-0.2, -0.15) is 0 Å². The van der Waals surface area contributed by atoms with Crippen molar-refractivity contribution in [3.05, 3.63) is 53.6 Å². The van der Waals surface area contributed by atoms with Gasteiger partial charge in [0.15, 0.2) is 4.34 Å². The Morgan fingerprint density at radius 3 is 2.83 bits per heavy atom. The number of fused-ring (bicyclic) bond motifs is 1. The van der Waals surface area contributed by atoms with Crippen molar-refractivity contribution < 1.29 is 9.84 Å². The molecular formula is C18H19NO2S2. The van der Waals surface area contributed by atoms with Crippen LogP contribution in [0.3, 0.4) is 0 Å². The number of ether oxygens (including phenoxy) is 1. The van der Waals surface area contributed by atoms with Crippen molar-refractivity contribution in [1.29, 1.82) is 0 Å². The zero-order chi connectivity index (χ0) is 16.2. The lowest BCUT2D eigenvalue weighted by atomic mass is 10.1. The van der Waals surface area contributed by atoms with Gasteiger partial charge < -0.3 is 9.84 Å². The Morgan fingerprint density at radius 1 is 1.22 bits per heavy atom. The summed E-state index contributed by atoms with van der Waals surface area (Å²) in [5, 5.41) is 10.1. The highest BCUT2D eigenvalue weighted by molar-refractivity contribution is 8.01. The van der Waals surface area contributed by atoms with E-state index in [1.807, 2.05) is 37.3 Å². The lowest BCUT2D eigenvalue weighted by molar-refractivity contribution is 0.126. The summed E-state index contributed by atoms with van der Waals surface area (Å²) in [4.78, 5) is 4.56. The van der Waals surface area contributed by atoms with E-state index in [9.17, 15) is 5.11 Å². The SMILES string of the molecule is Cc1ccc(OCC(O)CSc2nc3ccccc3s2)c(C)c1. The number of nitrogens with zero attached hydrogens (tertiary/aromatic N) is 1. The van der Waals surface area contributed by atoms with Crippen LogP contribution < -0.4 is 4.74 Å². The van der Waals surface area contributed by atoms with Crippen LogP contribution in [-0.4, -0.2) is 28.6 Å². The molecule has 0 spiro atoms. The summed E-state index contributed by atoms with van der Waals surface area (Å²) in [5.41, 5.74) is 3.32. The Kier molecular flexibility index (Phi) is 5.20. The number of rotatable bonds is 6. The highest BCUT2D eigenvalue weighted by Gasteiger charge is 2.10. The number of aliphatic hydroxyl groups excluding tert-OH is 1. The summed E-state index contributed by atoms with van der Waals surface area (Å²) < 4.78 is 7.88. The van der Waals surface area contributed by atoms with Crippen LogP contribution in [0, 0.1) is 13.8 Å². The number of hydrogen-bond acceptors (Lipinski definition) is 5. The molecule has 0 saturated carbocycles. The molecule has 1 heterocycles. The topological polar surface area (TPSA) is 42.4 Å². The van der Waals surface area contributed by atoms with Gasteiger partial charge >= 0.3 is 0 Å². The number of aryl methyl sites for hydroxylation is 2. The van der Waals surface area contributed by atoms with Gasteiger partial charge in [-0.3, -0.25) is 0 Å². The first-order chi connectivity index (χ1) is 11.1. The summed E-state index contributed by atoms with van der Waals surface area (Å²) >= 11 is 3.23. The Bertz CT molecular complexity index is 768. The molecule has 1 N–H and O–H groups in total. The number of aliphatic hydroxyl groups is 1. The van der Waals surface area contributed by atoms with E-state index < -0.39 is 6.10 Å². The van der Waals surface area contributed by atoms with Gasteiger partial charge in [0.2, 0.25) is 0 Å². The van der Waals surface area contributed by atoms with Gasteiger partial charge in [0.1, 0.15) is 12.4 Å². The lowest BCUT2D eigenvalue weighted by Gasteiger charge is -2.13. The standard InChI is InChI=1S/C18H19NO2S2/c1-12-7-8-16(13(2)9-12)21-10-14(20)11-22-18-19-15-5-3-4-6-17(15)23-18/h3-9,14,20H,10-11H2,1-2H3.